The SMILES string of the molecule is Cc1cc(N2CCCC2C2CCCC2)ccc1/C(N)=N/O. The van der Waals surface area contributed by atoms with Crippen LogP contribution in [0.25, 0.3) is 0 Å². The Morgan fingerprint density at radius 2 is 2.00 bits per heavy atom. The summed E-state index contributed by atoms with van der Waals surface area (Å²) in [6, 6.07) is 6.99. The Balaban J connectivity index is 1.84. The van der Waals surface area contributed by atoms with Gasteiger partial charge in [-0.1, -0.05) is 18.0 Å². The van der Waals surface area contributed by atoms with E-state index in [0.29, 0.717) is 6.04 Å². The Labute approximate surface area is 126 Å². The van der Waals surface area contributed by atoms with Crippen molar-refractivity contribution in [2.24, 2.45) is 16.8 Å². The third kappa shape index (κ3) is 2.71. The van der Waals surface area contributed by atoms with Crippen LogP contribution in [-0.2, 0) is 0 Å². The molecule has 0 aromatic heterocycles. The molecule has 4 nitrogen and oxygen atoms in total. The Hall–Kier alpha value is -1.71. The molecule has 1 aliphatic heterocycles. The minimum Gasteiger partial charge on any atom is -0.409 e. The first-order valence-corrected chi connectivity index (χ1v) is 8.06. The molecule has 1 heterocycles. The normalized spacial score (nSPS) is 24.0. The van der Waals surface area contributed by atoms with Gasteiger partial charge in [-0.15, -0.1) is 0 Å². The first kappa shape index (κ1) is 14.2. The average Bonchev–Trinajstić information content (AvgIpc) is 3.16. The monoisotopic (exact) mass is 287 g/mol. The molecular formula is C17H25N3O. The van der Waals surface area contributed by atoms with Crippen molar-refractivity contribution in [2.45, 2.75) is 51.5 Å². The second-order valence-corrected chi connectivity index (χ2v) is 6.43. The zero-order chi connectivity index (χ0) is 14.8. The van der Waals surface area contributed by atoms with Crippen molar-refractivity contribution in [2.75, 3.05) is 11.4 Å². The molecule has 1 saturated carbocycles. The summed E-state index contributed by atoms with van der Waals surface area (Å²) in [6.07, 6.45) is 8.20. The van der Waals surface area contributed by atoms with Gasteiger partial charge in [-0.3, -0.25) is 0 Å². The van der Waals surface area contributed by atoms with E-state index in [0.717, 1.165) is 23.6 Å². The van der Waals surface area contributed by atoms with Gasteiger partial charge < -0.3 is 15.8 Å². The number of anilines is 1. The van der Waals surface area contributed by atoms with Crippen LogP contribution in [0.5, 0.6) is 0 Å². The number of hydrogen-bond donors (Lipinski definition) is 2. The summed E-state index contributed by atoms with van der Waals surface area (Å²) in [6.45, 7) is 3.18. The highest BCUT2D eigenvalue weighted by Gasteiger charge is 2.33. The molecule has 1 aliphatic carbocycles. The molecule has 2 fully saturated rings. The van der Waals surface area contributed by atoms with Crippen molar-refractivity contribution in [3.8, 4) is 0 Å². The fourth-order valence-electron chi connectivity index (χ4n) is 4.11. The fourth-order valence-corrected chi connectivity index (χ4v) is 4.11. The van der Waals surface area contributed by atoms with Crippen LogP contribution in [0.3, 0.4) is 0 Å². The lowest BCUT2D eigenvalue weighted by Gasteiger charge is -2.31. The van der Waals surface area contributed by atoms with E-state index in [1.165, 1.54) is 44.2 Å². The molecule has 21 heavy (non-hydrogen) atoms. The molecule has 114 valence electrons. The molecule has 1 unspecified atom stereocenters. The lowest BCUT2D eigenvalue weighted by molar-refractivity contribution is 0.318. The zero-order valence-corrected chi connectivity index (χ0v) is 12.8. The molecule has 0 spiro atoms. The van der Waals surface area contributed by atoms with Gasteiger partial charge in [-0.2, -0.15) is 0 Å². The van der Waals surface area contributed by atoms with Crippen LogP contribution in [0.4, 0.5) is 5.69 Å². The molecule has 0 radical (unpaired) electrons. The maximum atomic E-state index is 8.83. The van der Waals surface area contributed by atoms with Gasteiger partial charge in [0.15, 0.2) is 5.84 Å². The number of hydrogen-bond acceptors (Lipinski definition) is 3. The summed E-state index contributed by atoms with van der Waals surface area (Å²) in [5.41, 5.74) is 8.89. The van der Waals surface area contributed by atoms with Crippen molar-refractivity contribution in [1.82, 2.24) is 0 Å². The average molecular weight is 287 g/mol. The van der Waals surface area contributed by atoms with Gasteiger partial charge in [0.1, 0.15) is 0 Å². The quantitative estimate of drug-likeness (QED) is 0.388. The predicted octanol–water partition coefficient (Wildman–Crippen LogP) is 3.25. The maximum absolute atomic E-state index is 8.83. The molecule has 1 atom stereocenters. The highest BCUT2D eigenvalue weighted by molar-refractivity contribution is 5.98. The maximum Gasteiger partial charge on any atom is 0.170 e. The Bertz CT molecular complexity index is 535. The van der Waals surface area contributed by atoms with Crippen LogP contribution < -0.4 is 10.6 Å². The van der Waals surface area contributed by atoms with Gasteiger partial charge >= 0.3 is 0 Å². The van der Waals surface area contributed by atoms with Gasteiger partial charge in [0.05, 0.1) is 0 Å². The van der Waals surface area contributed by atoms with Crippen molar-refractivity contribution >= 4 is 11.5 Å². The minimum atomic E-state index is 0.188. The third-order valence-corrected chi connectivity index (χ3v) is 5.17. The summed E-state index contributed by atoms with van der Waals surface area (Å²) in [7, 11) is 0. The van der Waals surface area contributed by atoms with Crippen molar-refractivity contribution in [1.29, 1.82) is 0 Å². The summed E-state index contributed by atoms with van der Waals surface area (Å²) in [5.74, 6) is 1.06. The number of nitrogens with two attached hydrogens (primary N) is 1. The van der Waals surface area contributed by atoms with Crippen LogP contribution in [0.15, 0.2) is 23.4 Å². The van der Waals surface area contributed by atoms with Crippen LogP contribution in [0, 0.1) is 12.8 Å². The molecule has 1 saturated heterocycles. The fraction of sp³-hybridized carbons (Fsp3) is 0.588. The van der Waals surface area contributed by atoms with E-state index in [4.69, 9.17) is 10.9 Å². The first-order valence-electron chi connectivity index (χ1n) is 8.06. The van der Waals surface area contributed by atoms with Gasteiger partial charge in [0.2, 0.25) is 0 Å². The summed E-state index contributed by atoms with van der Waals surface area (Å²) in [4.78, 5) is 2.58. The largest absolute Gasteiger partial charge is 0.409 e. The number of aryl methyl sites for hydroxylation is 1. The van der Waals surface area contributed by atoms with E-state index < -0.39 is 0 Å². The molecule has 3 rings (SSSR count). The van der Waals surface area contributed by atoms with Gasteiger partial charge in [-0.05, 0) is 62.3 Å². The highest BCUT2D eigenvalue weighted by Crippen LogP contribution is 2.38. The third-order valence-electron chi connectivity index (χ3n) is 5.17. The smallest absolute Gasteiger partial charge is 0.170 e. The predicted molar refractivity (Wildman–Crippen MR) is 86.0 cm³/mol. The van der Waals surface area contributed by atoms with Crippen LogP contribution in [0.1, 0.15) is 49.7 Å². The standard InChI is InChI=1S/C17H25N3O/c1-12-11-14(8-9-15(12)17(18)19-21)20-10-4-7-16(20)13-5-2-3-6-13/h8-9,11,13,16,21H,2-7,10H2,1H3,(H2,18,19). The molecule has 0 bridgehead atoms. The van der Waals surface area contributed by atoms with Gasteiger partial charge in [0, 0.05) is 23.8 Å². The van der Waals surface area contributed by atoms with Crippen LogP contribution in [0.2, 0.25) is 0 Å². The summed E-state index contributed by atoms with van der Waals surface area (Å²) < 4.78 is 0. The van der Waals surface area contributed by atoms with Crippen molar-refractivity contribution in [3.05, 3.63) is 29.3 Å². The Kier molecular flexibility index (Phi) is 4.04. The number of benzene rings is 1. The van der Waals surface area contributed by atoms with Crippen molar-refractivity contribution in [3.63, 3.8) is 0 Å². The topological polar surface area (TPSA) is 61.8 Å². The lowest BCUT2D eigenvalue weighted by Crippen LogP contribution is -2.34. The number of oxime groups is 1. The Morgan fingerprint density at radius 3 is 2.67 bits per heavy atom. The molecule has 0 amide bonds. The number of nitrogens with zero attached hydrogens (tertiary/aromatic N) is 2. The molecule has 4 heteroatoms. The second kappa shape index (κ2) is 5.96. The molecule has 2 aliphatic rings. The van der Waals surface area contributed by atoms with Crippen LogP contribution in [-0.4, -0.2) is 23.6 Å². The van der Waals surface area contributed by atoms with Gasteiger partial charge in [-0.25, -0.2) is 0 Å². The molecular weight excluding hydrogens is 262 g/mol. The van der Waals surface area contributed by atoms with E-state index in [1.54, 1.807) is 0 Å². The summed E-state index contributed by atoms with van der Waals surface area (Å²) >= 11 is 0. The highest BCUT2D eigenvalue weighted by atomic mass is 16.4. The number of amidine groups is 1. The molecule has 3 N–H and O–H groups in total. The van der Waals surface area contributed by atoms with Gasteiger partial charge in [0.25, 0.3) is 0 Å². The lowest BCUT2D eigenvalue weighted by atomic mass is 9.95. The zero-order valence-electron chi connectivity index (χ0n) is 12.8. The first-order chi connectivity index (χ1) is 10.2. The second-order valence-electron chi connectivity index (χ2n) is 6.43. The van der Waals surface area contributed by atoms with E-state index in [2.05, 4.69) is 22.2 Å². The molecule has 1 aromatic rings. The number of rotatable bonds is 3. The van der Waals surface area contributed by atoms with Crippen molar-refractivity contribution < 1.29 is 5.21 Å². The van der Waals surface area contributed by atoms with E-state index in [-0.39, 0.29) is 5.84 Å². The van der Waals surface area contributed by atoms with E-state index in [9.17, 15) is 0 Å². The van der Waals surface area contributed by atoms with E-state index >= 15 is 0 Å². The molecule has 1 aromatic carbocycles. The van der Waals surface area contributed by atoms with Crippen LogP contribution >= 0.6 is 0 Å². The Morgan fingerprint density at radius 1 is 1.24 bits per heavy atom. The van der Waals surface area contributed by atoms with E-state index in [1.807, 2.05) is 13.0 Å². The summed E-state index contributed by atoms with van der Waals surface area (Å²) in [5, 5.41) is 11.9. The minimum absolute atomic E-state index is 0.188.